The molecule has 1 aliphatic heterocycles. The van der Waals surface area contributed by atoms with Gasteiger partial charge >= 0.3 is 0 Å². The Labute approximate surface area is 98.7 Å². The highest BCUT2D eigenvalue weighted by Crippen LogP contribution is 2.39. The van der Waals surface area contributed by atoms with Crippen LogP contribution in [0, 0.1) is 0 Å². The Hall–Kier alpha value is -1.48. The lowest BCUT2D eigenvalue weighted by Gasteiger charge is -2.17. The van der Waals surface area contributed by atoms with Gasteiger partial charge in [-0.1, -0.05) is 54.2 Å². The van der Waals surface area contributed by atoms with Crippen molar-refractivity contribution in [3.8, 4) is 0 Å². The molecule has 1 heterocycles. The van der Waals surface area contributed by atoms with E-state index in [4.69, 9.17) is 0 Å². The molecular weight excluding hydrogens is 220 g/mol. The SMILES string of the molecule is C[C@@]1(C=Cc2ccccc2)SC(=O)C=C1O. The van der Waals surface area contributed by atoms with Gasteiger partial charge in [0.25, 0.3) is 0 Å². The topological polar surface area (TPSA) is 37.3 Å². The van der Waals surface area contributed by atoms with E-state index in [2.05, 4.69) is 0 Å². The highest BCUT2D eigenvalue weighted by atomic mass is 32.2. The zero-order valence-corrected chi connectivity index (χ0v) is 9.70. The van der Waals surface area contributed by atoms with Gasteiger partial charge in [0, 0.05) is 6.08 Å². The Bertz CT molecular complexity index is 462. The molecule has 1 aromatic rings. The van der Waals surface area contributed by atoms with Crippen LogP contribution < -0.4 is 0 Å². The van der Waals surface area contributed by atoms with Crippen LogP contribution in [-0.2, 0) is 4.79 Å². The van der Waals surface area contributed by atoms with Crippen molar-refractivity contribution in [2.45, 2.75) is 11.7 Å². The van der Waals surface area contributed by atoms with E-state index in [0.717, 1.165) is 17.3 Å². The largest absolute Gasteiger partial charge is 0.510 e. The molecular formula is C13H12O2S. The number of carbonyl (C=O) groups is 1. The quantitative estimate of drug-likeness (QED) is 0.851. The molecule has 0 saturated heterocycles. The minimum absolute atomic E-state index is 0.0993. The van der Waals surface area contributed by atoms with E-state index >= 15 is 0 Å². The van der Waals surface area contributed by atoms with Crippen molar-refractivity contribution < 1.29 is 9.90 Å². The molecule has 0 saturated carbocycles. The fourth-order valence-corrected chi connectivity index (χ4v) is 2.37. The highest BCUT2D eigenvalue weighted by molar-refractivity contribution is 8.15. The van der Waals surface area contributed by atoms with Gasteiger partial charge < -0.3 is 5.11 Å². The summed E-state index contributed by atoms with van der Waals surface area (Å²) in [4.78, 5) is 11.2. The van der Waals surface area contributed by atoms with Crippen LogP contribution in [0.4, 0.5) is 0 Å². The van der Waals surface area contributed by atoms with Crippen molar-refractivity contribution in [3.63, 3.8) is 0 Å². The number of carbonyl (C=O) groups excluding carboxylic acids is 1. The van der Waals surface area contributed by atoms with Crippen molar-refractivity contribution in [1.29, 1.82) is 0 Å². The minimum atomic E-state index is -0.618. The molecule has 1 atom stereocenters. The van der Waals surface area contributed by atoms with Crippen molar-refractivity contribution in [2.75, 3.05) is 0 Å². The highest BCUT2D eigenvalue weighted by Gasteiger charge is 2.35. The predicted octanol–water partition coefficient (Wildman–Crippen LogP) is 3.17. The zero-order valence-electron chi connectivity index (χ0n) is 8.88. The molecule has 0 aliphatic carbocycles. The first-order valence-corrected chi connectivity index (χ1v) is 5.80. The van der Waals surface area contributed by atoms with Crippen LogP contribution in [0.2, 0.25) is 0 Å². The average Bonchev–Trinajstić information content (AvgIpc) is 2.52. The first-order chi connectivity index (χ1) is 7.60. The number of rotatable bonds is 2. The Balaban J connectivity index is 2.20. The number of aliphatic hydroxyl groups excluding tert-OH is 1. The molecule has 0 aromatic heterocycles. The van der Waals surface area contributed by atoms with Crippen molar-refractivity contribution in [1.82, 2.24) is 0 Å². The summed E-state index contributed by atoms with van der Waals surface area (Å²) in [5.74, 6) is 0.120. The van der Waals surface area contributed by atoms with Crippen LogP contribution in [0.15, 0.2) is 48.2 Å². The number of thioether (sulfide) groups is 1. The predicted molar refractivity (Wildman–Crippen MR) is 67.2 cm³/mol. The van der Waals surface area contributed by atoms with Gasteiger partial charge in [-0.25, -0.2) is 0 Å². The fraction of sp³-hybridized carbons (Fsp3) is 0.154. The number of aliphatic hydroxyl groups is 1. The Morgan fingerprint density at radius 1 is 1.31 bits per heavy atom. The summed E-state index contributed by atoms with van der Waals surface area (Å²) in [6.07, 6.45) is 5.04. The summed E-state index contributed by atoms with van der Waals surface area (Å²) >= 11 is 1.13. The van der Waals surface area contributed by atoms with E-state index in [1.54, 1.807) is 0 Å². The van der Waals surface area contributed by atoms with E-state index in [9.17, 15) is 9.90 Å². The second-order valence-corrected chi connectivity index (χ2v) is 5.26. The maximum atomic E-state index is 11.2. The molecule has 0 radical (unpaired) electrons. The monoisotopic (exact) mass is 232 g/mol. The number of hydrogen-bond donors (Lipinski definition) is 1. The molecule has 16 heavy (non-hydrogen) atoms. The molecule has 2 rings (SSSR count). The summed E-state index contributed by atoms with van der Waals surface area (Å²) in [5.41, 5.74) is 1.05. The first kappa shape index (κ1) is 11.0. The molecule has 3 heteroatoms. The molecule has 0 unspecified atom stereocenters. The molecule has 2 nitrogen and oxygen atoms in total. The maximum absolute atomic E-state index is 11.2. The first-order valence-electron chi connectivity index (χ1n) is 4.98. The third-order valence-corrected chi connectivity index (χ3v) is 3.56. The standard InChI is InChI=1S/C13H12O2S/c1-13(11(14)9-12(15)16-13)8-7-10-5-3-2-4-6-10/h2-9,14H,1H3/t13-/m0/s1. The Kier molecular flexibility index (Phi) is 2.88. The van der Waals surface area contributed by atoms with Gasteiger partial charge in [-0.05, 0) is 12.5 Å². The van der Waals surface area contributed by atoms with E-state index in [0.29, 0.717) is 0 Å². The molecule has 0 amide bonds. The van der Waals surface area contributed by atoms with Gasteiger partial charge in [0.15, 0.2) is 0 Å². The van der Waals surface area contributed by atoms with Crippen LogP contribution in [0.25, 0.3) is 6.08 Å². The van der Waals surface area contributed by atoms with E-state index in [-0.39, 0.29) is 10.9 Å². The third-order valence-electron chi connectivity index (χ3n) is 2.47. The van der Waals surface area contributed by atoms with Crippen molar-refractivity contribution in [2.24, 2.45) is 0 Å². The molecule has 82 valence electrons. The summed E-state index contributed by atoms with van der Waals surface area (Å²) in [6.45, 7) is 1.83. The molecule has 1 aromatic carbocycles. The summed E-state index contributed by atoms with van der Waals surface area (Å²) in [6, 6.07) is 9.80. The molecule has 1 aliphatic rings. The fourth-order valence-electron chi connectivity index (χ4n) is 1.48. The van der Waals surface area contributed by atoms with Gasteiger partial charge in [-0.2, -0.15) is 0 Å². The minimum Gasteiger partial charge on any atom is -0.510 e. The summed E-state index contributed by atoms with van der Waals surface area (Å²) < 4.78 is -0.618. The van der Waals surface area contributed by atoms with Gasteiger partial charge in [0.2, 0.25) is 5.12 Å². The van der Waals surface area contributed by atoms with Crippen LogP contribution in [-0.4, -0.2) is 15.0 Å². The Morgan fingerprint density at radius 3 is 2.56 bits per heavy atom. The second kappa shape index (κ2) is 4.18. The average molecular weight is 232 g/mol. The zero-order chi connectivity index (χ0) is 11.6. The summed E-state index contributed by atoms with van der Waals surface area (Å²) in [5, 5.41) is 9.57. The van der Waals surface area contributed by atoms with Crippen molar-refractivity contribution in [3.05, 3.63) is 53.8 Å². The van der Waals surface area contributed by atoms with Gasteiger partial charge in [-0.3, -0.25) is 4.79 Å². The van der Waals surface area contributed by atoms with Gasteiger partial charge in [-0.15, -0.1) is 0 Å². The van der Waals surface area contributed by atoms with Crippen molar-refractivity contribution >= 4 is 23.0 Å². The summed E-state index contributed by atoms with van der Waals surface area (Å²) in [7, 11) is 0. The maximum Gasteiger partial charge on any atom is 0.216 e. The van der Waals surface area contributed by atoms with Gasteiger partial charge in [0.05, 0.1) is 4.75 Å². The Morgan fingerprint density at radius 2 is 2.00 bits per heavy atom. The lowest BCUT2D eigenvalue weighted by molar-refractivity contribution is -0.106. The normalized spacial score (nSPS) is 25.1. The van der Waals surface area contributed by atoms with E-state index < -0.39 is 4.75 Å². The molecule has 0 fully saturated rings. The van der Waals surface area contributed by atoms with Crippen LogP contribution >= 0.6 is 11.8 Å². The van der Waals surface area contributed by atoms with E-state index in [1.165, 1.54) is 6.08 Å². The van der Waals surface area contributed by atoms with Gasteiger partial charge in [0.1, 0.15) is 5.76 Å². The molecule has 0 bridgehead atoms. The second-order valence-electron chi connectivity index (χ2n) is 3.80. The van der Waals surface area contributed by atoms with Crippen LogP contribution in [0.1, 0.15) is 12.5 Å². The third kappa shape index (κ3) is 2.19. The molecule has 1 N–H and O–H groups in total. The smallest absolute Gasteiger partial charge is 0.216 e. The number of benzene rings is 1. The van der Waals surface area contributed by atoms with Crippen LogP contribution in [0.3, 0.4) is 0 Å². The van der Waals surface area contributed by atoms with Crippen LogP contribution in [0.5, 0.6) is 0 Å². The lowest BCUT2D eigenvalue weighted by Crippen LogP contribution is -2.16. The van der Waals surface area contributed by atoms with E-state index in [1.807, 2.05) is 49.4 Å². The lowest BCUT2D eigenvalue weighted by atomic mass is 10.1. The molecule has 0 spiro atoms. The number of hydrogen-bond acceptors (Lipinski definition) is 3.